The Balaban J connectivity index is 1.90. The first-order valence-corrected chi connectivity index (χ1v) is 9.59. The van der Waals surface area contributed by atoms with Crippen LogP contribution >= 0.6 is 0 Å². The van der Waals surface area contributed by atoms with E-state index in [9.17, 15) is 0 Å². The molecule has 2 aliphatic carbocycles. The molecule has 1 saturated carbocycles. The molecule has 0 saturated heterocycles. The predicted octanol–water partition coefficient (Wildman–Crippen LogP) is 6.51. The Morgan fingerprint density at radius 3 is 1.72 bits per heavy atom. The molecule has 1 fully saturated rings. The minimum Gasteiger partial charge on any atom is -0.0776 e. The van der Waals surface area contributed by atoms with E-state index in [4.69, 9.17) is 0 Å². The highest BCUT2D eigenvalue weighted by molar-refractivity contribution is 5.57. The summed E-state index contributed by atoms with van der Waals surface area (Å²) in [7, 11) is 0. The molecule has 0 aromatic heterocycles. The average molecular weight is 331 g/mol. The van der Waals surface area contributed by atoms with E-state index < -0.39 is 0 Å². The Labute approximate surface area is 153 Å². The van der Waals surface area contributed by atoms with Gasteiger partial charge in [-0.2, -0.15) is 0 Å². The van der Waals surface area contributed by atoms with Crippen LogP contribution in [-0.4, -0.2) is 0 Å². The van der Waals surface area contributed by atoms with Crippen LogP contribution in [0.1, 0.15) is 73.9 Å². The van der Waals surface area contributed by atoms with Gasteiger partial charge in [0.2, 0.25) is 0 Å². The van der Waals surface area contributed by atoms with Crippen LogP contribution in [0.25, 0.3) is 0 Å². The zero-order valence-corrected chi connectivity index (χ0v) is 16.5. The fraction of sp³-hybridized carbons (Fsp3) is 0.440. The standard InChI is InChI=1S/C25H30/c1-17-7-9-19(10-8-17)25(13-14-25)20-16-22-21(15-18(20)2)23(3,4)11-12-24(22,5)6/h7-12,15-16H,13-14H2,1-6H3. The first-order chi connectivity index (χ1) is 11.7. The van der Waals surface area contributed by atoms with Crippen molar-refractivity contribution in [2.75, 3.05) is 0 Å². The minimum absolute atomic E-state index is 0.108. The lowest BCUT2D eigenvalue weighted by Gasteiger charge is -2.38. The average Bonchev–Trinajstić information content (AvgIpc) is 3.34. The van der Waals surface area contributed by atoms with Crippen LogP contribution in [0.5, 0.6) is 0 Å². The summed E-state index contributed by atoms with van der Waals surface area (Å²) in [5, 5.41) is 0. The van der Waals surface area contributed by atoms with Crippen molar-refractivity contribution in [1.82, 2.24) is 0 Å². The SMILES string of the molecule is Cc1ccc(C2(c3cc4c(cc3C)C(C)(C)C=CC4(C)C)CC2)cc1. The minimum atomic E-state index is 0.108. The molecule has 0 heterocycles. The first-order valence-electron chi connectivity index (χ1n) is 9.59. The van der Waals surface area contributed by atoms with Crippen molar-refractivity contribution in [1.29, 1.82) is 0 Å². The molecule has 0 aliphatic heterocycles. The van der Waals surface area contributed by atoms with E-state index >= 15 is 0 Å². The van der Waals surface area contributed by atoms with Crippen LogP contribution < -0.4 is 0 Å². The normalized spacial score (nSPS) is 21.7. The summed E-state index contributed by atoms with van der Waals surface area (Å²) < 4.78 is 0. The third-order valence-electron chi connectivity index (χ3n) is 6.54. The quantitative estimate of drug-likeness (QED) is 0.551. The maximum atomic E-state index is 2.54. The predicted molar refractivity (Wildman–Crippen MR) is 108 cm³/mol. The van der Waals surface area contributed by atoms with Crippen LogP contribution in [0.15, 0.2) is 48.6 Å². The van der Waals surface area contributed by atoms with E-state index in [1.807, 2.05) is 0 Å². The number of rotatable bonds is 2. The van der Waals surface area contributed by atoms with Crippen LogP contribution in [0.2, 0.25) is 0 Å². The Hall–Kier alpha value is -1.82. The second kappa shape index (κ2) is 5.10. The van der Waals surface area contributed by atoms with Gasteiger partial charge < -0.3 is 0 Å². The second-order valence-corrected chi connectivity index (χ2v) is 9.44. The summed E-state index contributed by atoms with van der Waals surface area (Å²) in [6.45, 7) is 13.9. The van der Waals surface area contributed by atoms with Crippen molar-refractivity contribution in [3.8, 4) is 0 Å². The summed E-state index contributed by atoms with van der Waals surface area (Å²) in [4.78, 5) is 0. The molecule has 130 valence electrons. The van der Waals surface area contributed by atoms with E-state index in [1.54, 1.807) is 5.56 Å². The van der Waals surface area contributed by atoms with Gasteiger partial charge in [-0.25, -0.2) is 0 Å². The molecule has 0 spiro atoms. The molecule has 0 radical (unpaired) electrons. The van der Waals surface area contributed by atoms with Crippen LogP contribution in [0, 0.1) is 13.8 Å². The molecular weight excluding hydrogens is 300 g/mol. The molecule has 0 unspecified atom stereocenters. The number of hydrogen-bond donors (Lipinski definition) is 0. The Morgan fingerprint density at radius 2 is 1.20 bits per heavy atom. The summed E-state index contributed by atoms with van der Waals surface area (Å²) in [5.41, 5.74) is 9.32. The molecule has 2 aliphatic rings. The third kappa shape index (κ3) is 2.49. The lowest BCUT2D eigenvalue weighted by Crippen LogP contribution is -2.30. The van der Waals surface area contributed by atoms with Crippen molar-refractivity contribution in [3.05, 3.63) is 81.9 Å². The molecule has 0 N–H and O–H groups in total. The maximum Gasteiger partial charge on any atom is 0.0206 e. The second-order valence-electron chi connectivity index (χ2n) is 9.44. The Morgan fingerprint density at radius 1 is 0.680 bits per heavy atom. The van der Waals surface area contributed by atoms with Gasteiger partial charge >= 0.3 is 0 Å². The highest BCUT2D eigenvalue weighted by Crippen LogP contribution is 2.56. The van der Waals surface area contributed by atoms with Gasteiger partial charge in [0.25, 0.3) is 0 Å². The Kier molecular flexibility index (Phi) is 3.39. The maximum absolute atomic E-state index is 2.54. The highest BCUT2D eigenvalue weighted by atomic mass is 14.5. The molecule has 4 rings (SSSR count). The fourth-order valence-electron chi connectivity index (χ4n) is 4.60. The third-order valence-corrected chi connectivity index (χ3v) is 6.54. The molecule has 0 nitrogen and oxygen atoms in total. The number of allylic oxidation sites excluding steroid dienone is 2. The van der Waals surface area contributed by atoms with Crippen molar-refractivity contribution in [3.63, 3.8) is 0 Å². The lowest BCUT2D eigenvalue weighted by molar-refractivity contribution is 0.560. The van der Waals surface area contributed by atoms with Gasteiger partial charge in [-0.1, -0.05) is 81.8 Å². The van der Waals surface area contributed by atoms with Crippen LogP contribution in [0.4, 0.5) is 0 Å². The summed E-state index contributed by atoms with van der Waals surface area (Å²) in [6.07, 6.45) is 7.34. The van der Waals surface area contributed by atoms with Crippen molar-refractivity contribution in [2.24, 2.45) is 0 Å². The van der Waals surface area contributed by atoms with E-state index in [-0.39, 0.29) is 16.2 Å². The monoisotopic (exact) mass is 330 g/mol. The van der Waals surface area contributed by atoms with Gasteiger partial charge in [0.1, 0.15) is 0 Å². The Bertz CT molecular complexity index is 856. The molecule has 0 atom stereocenters. The smallest absolute Gasteiger partial charge is 0.0206 e. The molecular formula is C25H30. The van der Waals surface area contributed by atoms with E-state index in [0.717, 1.165) is 0 Å². The number of benzene rings is 2. The fourth-order valence-corrected chi connectivity index (χ4v) is 4.60. The summed E-state index contributed by atoms with van der Waals surface area (Å²) in [5.74, 6) is 0. The summed E-state index contributed by atoms with van der Waals surface area (Å²) in [6, 6.07) is 14.2. The summed E-state index contributed by atoms with van der Waals surface area (Å²) >= 11 is 0. The van der Waals surface area contributed by atoms with E-state index in [0.29, 0.717) is 0 Å². The largest absolute Gasteiger partial charge is 0.0776 e. The van der Waals surface area contributed by atoms with Crippen molar-refractivity contribution >= 4 is 0 Å². The zero-order chi connectivity index (χ0) is 18.0. The number of aryl methyl sites for hydroxylation is 2. The van der Waals surface area contributed by atoms with Gasteiger partial charge in [-0.05, 0) is 54.5 Å². The van der Waals surface area contributed by atoms with Gasteiger partial charge in [-0.3, -0.25) is 0 Å². The molecule has 2 aromatic rings. The van der Waals surface area contributed by atoms with Crippen LogP contribution in [-0.2, 0) is 16.2 Å². The molecule has 25 heavy (non-hydrogen) atoms. The van der Waals surface area contributed by atoms with Gasteiger partial charge in [0.05, 0.1) is 0 Å². The first kappa shape index (κ1) is 16.6. The molecule has 0 bridgehead atoms. The van der Waals surface area contributed by atoms with Crippen LogP contribution in [0.3, 0.4) is 0 Å². The van der Waals surface area contributed by atoms with E-state index in [1.165, 1.54) is 40.7 Å². The van der Waals surface area contributed by atoms with Crippen molar-refractivity contribution < 1.29 is 0 Å². The molecule has 2 aromatic carbocycles. The van der Waals surface area contributed by atoms with Gasteiger partial charge in [-0.15, -0.1) is 0 Å². The number of hydrogen-bond acceptors (Lipinski definition) is 0. The van der Waals surface area contributed by atoms with E-state index in [2.05, 4.69) is 90.1 Å². The highest BCUT2D eigenvalue weighted by Gasteiger charge is 2.47. The topological polar surface area (TPSA) is 0 Å². The molecule has 0 amide bonds. The van der Waals surface area contributed by atoms with Gasteiger partial charge in [0.15, 0.2) is 0 Å². The zero-order valence-electron chi connectivity index (χ0n) is 16.5. The van der Waals surface area contributed by atoms with Gasteiger partial charge in [0, 0.05) is 16.2 Å². The number of fused-ring (bicyclic) bond motifs is 1. The lowest BCUT2D eigenvalue weighted by atomic mass is 9.66. The molecule has 0 heteroatoms. The van der Waals surface area contributed by atoms with Crippen molar-refractivity contribution in [2.45, 2.75) is 70.6 Å².